The molecule has 1 aromatic rings. The van der Waals surface area contributed by atoms with Crippen molar-refractivity contribution in [3.8, 4) is 0 Å². The molecule has 3 heterocycles. The summed E-state index contributed by atoms with van der Waals surface area (Å²) in [5.74, 6) is -1.15. The molecule has 29 heavy (non-hydrogen) atoms. The maximum Gasteiger partial charge on any atom is 0.410 e. The van der Waals surface area contributed by atoms with Crippen LogP contribution < -0.4 is 0 Å². The summed E-state index contributed by atoms with van der Waals surface area (Å²) in [6.07, 6.45) is 1.26. The van der Waals surface area contributed by atoms with Crippen molar-refractivity contribution in [1.82, 2.24) is 14.7 Å². The molecule has 2 saturated heterocycles. The zero-order chi connectivity index (χ0) is 20.9. The number of fused-ring (bicyclic) bond motifs is 3. The second kappa shape index (κ2) is 6.86. The number of hydrogen-bond donors (Lipinski definition) is 0. The van der Waals surface area contributed by atoms with E-state index in [0.717, 1.165) is 17.7 Å². The molecule has 0 radical (unpaired) electrons. The van der Waals surface area contributed by atoms with Crippen molar-refractivity contribution in [1.29, 1.82) is 0 Å². The third-order valence-electron chi connectivity index (χ3n) is 5.61. The summed E-state index contributed by atoms with van der Waals surface area (Å²) in [4.78, 5) is 54.8. The molecule has 2 atom stereocenters. The third-order valence-corrected chi connectivity index (χ3v) is 5.61. The van der Waals surface area contributed by atoms with Gasteiger partial charge in [-0.3, -0.25) is 24.2 Å². The Labute approximate surface area is 169 Å². The number of carbonyl (C=O) groups is 4. The van der Waals surface area contributed by atoms with Crippen LogP contribution in [0.4, 0.5) is 4.79 Å². The van der Waals surface area contributed by atoms with Gasteiger partial charge in [-0.05, 0) is 45.7 Å². The molecule has 1 aromatic carbocycles. The molecule has 8 heteroatoms. The highest BCUT2D eigenvalue weighted by Gasteiger charge is 2.46. The maximum atomic E-state index is 12.9. The Balaban J connectivity index is 1.42. The van der Waals surface area contributed by atoms with E-state index in [1.54, 1.807) is 34.1 Å². The highest BCUT2D eigenvalue weighted by molar-refractivity contribution is 6.22. The van der Waals surface area contributed by atoms with Gasteiger partial charge < -0.3 is 9.64 Å². The van der Waals surface area contributed by atoms with Crippen molar-refractivity contribution in [3.05, 3.63) is 35.4 Å². The Bertz CT molecular complexity index is 842. The molecule has 4 rings (SSSR count). The lowest BCUT2D eigenvalue weighted by Crippen LogP contribution is -2.59. The van der Waals surface area contributed by atoms with E-state index >= 15 is 0 Å². The number of ether oxygens (including phenoxy) is 1. The molecule has 0 aromatic heterocycles. The number of rotatable bonds is 2. The van der Waals surface area contributed by atoms with Gasteiger partial charge in [-0.1, -0.05) is 12.1 Å². The van der Waals surface area contributed by atoms with E-state index in [-0.39, 0.29) is 30.6 Å². The molecular formula is C21H25N3O5. The van der Waals surface area contributed by atoms with E-state index in [4.69, 9.17) is 4.74 Å². The Hall–Kier alpha value is -2.90. The van der Waals surface area contributed by atoms with Crippen molar-refractivity contribution >= 4 is 23.8 Å². The molecule has 0 N–H and O–H groups in total. The minimum Gasteiger partial charge on any atom is -0.444 e. The van der Waals surface area contributed by atoms with Crippen LogP contribution in [0.3, 0.4) is 0 Å². The molecule has 3 aliphatic rings. The number of benzene rings is 1. The van der Waals surface area contributed by atoms with Gasteiger partial charge in [0.25, 0.3) is 11.8 Å². The van der Waals surface area contributed by atoms with E-state index in [1.165, 1.54) is 0 Å². The second-order valence-electron chi connectivity index (χ2n) is 8.81. The fraction of sp³-hybridized carbons (Fsp3) is 0.524. The fourth-order valence-corrected chi connectivity index (χ4v) is 4.34. The predicted octanol–water partition coefficient (Wildman–Crippen LogP) is 1.89. The summed E-state index contributed by atoms with van der Waals surface area (Å²) in [7, 11) is 0. The van der Waals surface area contributed by atoms with Gasteiger partial charge in [0.2, 0.25) is 5.91 Å². The van der Waals surface area contributed by atoms with Crippen LogP contribution >= 0.6 is 0 Å². The molecule has 4 amide bonds. The number of amides is 4. The van der Waals surface area contributed by atoms with Crippen molar-refractivity contribution in [2.45, 2.75) is 51.3 Å². The molecule has 2 unspecified atom stereocenters. The number of hydrogen-bond acceptors (Lipinski definition) is 5. The molecule has 2 fully saturated rings. The van der Waals surface area contributed by atoms with Crippen molar-refractivity contribution < 1.29 is 23.9 Å². The molecular weight excluding hydrogens is 374 g/mol. The molecule has 0 spiro atoms. The maximum absolute atomic E-state index is 12.9. The zero-order valence-electron chi connectivity index (χ0n) is 16.9. The highest BCUT2D eigenvalue weighted by Crippen LogP contribution is 2.32. The normalized spacial score (nSPS) is 23.5. The summed E-state index contributed by atoms with van der Waals surface area (Å²) in [6, 6.07) is 6.38. The second-order valence-corrected chi connectivity index (χ2v) is 8.81. The smallest absolute Gasteiger partial charge is 0.410 e. The average molecular weight is 399 g/mol. The lowest BCUT2D eigenvalue weighted by atomic mass is 10.1. The van der Waals surface area contributed by atoms with Crippen LogP contribution in [0.1, 0.15) is 54.3 Å². The number of piperazine rings is 1. The summed E-state index contributed by atoms with van der Waals surface area (Å²) in [5.41, 5.74) is 0.0924. The van der Waals surface area contributed by atoms with Gasteiger partial charge in [0.05, 0.1) is 23.2 Å². The van der Waals surface area contributed by atoms with E-state index < -0.39 is 17.4 Å². The van der Waals surface area contributed by atoms with Gasteiger partial charge in [-0.2, -0.15) is 0 Å². The van der Waals surface area contributed by atoms with Crippen molar-refractivity contribution in [2.75, 3.05) is 19.6 Å². The van der Waals surface area contributed by atoms with E-state index in [1.807, 2.05) is 20.8 Å². The van der Waals surface area contributed by atoms with Crippen molar-refractivity contribution in [3.63, 3.8) is 0 Å². The number of nitrogens with zero attached hydrogens (tertiary/aromatic N) is 3. The van der Waals surface area contributed by atoms with Crippen LogP contribution in [0.5, 0.6) is 0 Å². The Morgan fingerprint density at radius 3 is 2.00 bits per heavy atom. The van der Waals surface area contributed by atoms with Gasteiger partial charge in [0.15, 0.2) is 0 Å². The molecule has 3 aliphatic heterocycles. The molecule has 8 nitrogen and oxygen atoms in total. The first-order valence-corrected chi connectivity index (χ1v) is 9.90. The van der Waals surface area contributed by atoms with Crippen molar-refractivity contribution in [2.24, 2.45) is 0 Å². The first-order valence-electron chi connectivity index (χ1n) is 9.90. The quantitative estimate of drug-likeness (QED) is 0.709. The standard InChI is InChI=1S/C21H25N3O5/c1-21(2,3)29-20(28)24-13-8-9-14(24)11-22(10-13)17(25)12-23-18(26)15-6-4-5-7-16(15)19(23)27/h4-7,13-14H,8-12H2,1-3H3. The highest BCUT2D eigenvalue weighted by atomic mass is 16.6. The van der Waals surface area contributed by atoms with Crippen LogP contribution in [-0.4, -0.2) is 75.8 Å². The monoisotopic (exact) mass is 399 g/mol. The van der Waals surface area contributed by atoms with E-state index in [0.29, 0.717) is 24.2 Å². The summed E-state index contributed by atoms with van der Waals surface area (Å²) < 4.78 is 5.51. The van der Waals surface area contributed by atoms with Crippen LogP contribution in [0.25, 0.3) is 0 Å². The lowest BCUT2D eigenvalue weighted by Gasteiger charge is -2.41. The summed E-state index contributed by atoms with van der Waals surface area (Å²) >= 11 is 0. The van der Waals surface area contributed by atoms with Crippen LogP contribution in [-0.2, 0) is 9.53 Å². The molecule has 0 aliphatic carbocycles. The molecule has 2 bridgehead atoms. The predicted molar refractivity (Wildman–Crippen MR) is 103 cm³/mol. The molecule has 154 valence electrons. The van der Waals surface area contributed by atoms with Gasteiger partial charge in [0.1, 0.15) is 12.1 Å². The Morgan fingerprint density at radius 1 is 1.00 bits per heavy atom. The minimum atomic E-state index is -0.574. The van der Waals surface area contributed by atoms with Gasteiger partial charge in [-0.15, -0.1) is 0 Å². The fourth-order valence-electron chi connectivity index (χ4n) is 4.34. The first kappa shape index (κ1) is 19.4. The molecule has 0 saturated carbocycles. The minimum absolute atomic E-state index is 0.102. The lowest BCUT2D eigenvalue weighted by molar-refractivity contribution is -0.134. The van der Waals surface area contributed by atoms with E-state index in [2.05, 4.69) is 0 Å². The Morgan fingerprint density at radius 2 is 1.52 bits per heavy atom. The largest absolute Gasteiger partial charge is 0.444 e. The number of likely N-dealkylation sites (tertiary alicyclic amines) is 1. The van der Waals surface area contributed by atoms with Gasteiger partial charge in [0, 0.05) is 13.1 Å². The van der Waals surface area contributed by atoms with E-state index in [9.17, 15) is 19.2 Å². The number of imide groups is 1. The first-order chi connectivity index (χ1) is 13.7. The van der Waals surface area contributed by atoms with Crippen LogP contribution in [0.2, 0.25) is 0 Å². The average Bonchev–Trinajstić information content (AvgIpc) is 3.06. The van der Waals surface area contributed by atoms with Gasteiger partial charge in [-0.25, -0.2) is 4.79 Å². The summed E-state index contributed by atoms with van der Waals surface area (Å²) in [6.45, 7) is 5.98. The van der Waals surface area contributed by atoms with Gasteiger partial charge >= 0.3 is 6.09 Å². The third kappa shape index (κ3) is 3.47. The SMILES string of the molecule is CC(C)(C)OC(=O)N1C2CCC1CN(C(=O)CN1C(=O)c3ccccc3C1=O)C2. The number of carbonyl (C=O) groups excluding carboxylic acids is 4. The summed E-state index contributed by atoms with van der Waals surface area (Å²) in [5, 5.41) is 0. The Kier molecular flexibility index (Phi) is 4.59. The van der Waals surface area contributed by atoms with Crippen LogP contribution in [0, 0.1) is 0 Å². The van der Waals surface area contributed by atoms with Crippen LogP contribution in [0.15, 0.2) is 24.3 Å². The zero-order valence-corrected chi connectivity index (χ0v) is 16.9. The topological polar surface area (TPSA) is 87.2 Å².